The van der Waals surface area contributed by atoms with E-state index in [2.05, 4.69) is 17.1 Å². The highest BCUT2D eigenvalue weighted by Crippen LogP contribution is 2.27. The van der Waals surface area contributed by atoms with E-state index >= 15 is 0 Å². The third-order valence-corrected chi connectivity index (χ3v) is 3.19. The van der Waals surface area contributed by atoms with Crippen molar-refractivity contribution in [3.8, 4) is 0 Å². The molecule has 1 amide bonds. The summed E-state index contributed by atoms with van der Waals surface area (Å²) in [5, 5.41) is 1.20. The summed E-state index contributed by atoms with van der Waals surface area (Å²) in [6.07, 6.45) is 0.854. The molecule has 0 bridgehead atoms. The quantitative estimate of drug-likeness (QED) is 0.661. The van der Waals surface area contributed by atoms with Gasteiger partial charge in [-0.05, 0) is 6.07 Å². The van der Waals surface area contributed by atoms with Gasteiger partial charge in [-0.15, -0.1) is 0 Å². The molecule has 0 saturated carbocycles. The predicted molar refractivity (Wildman–Crippen MR) is 63.6 cm³/mol. The van der Waals surface area contributed by atoms with Gasteiger partial charge in [0.15, 0.2) is 5.81 Å². The highest BCUT2D eigenvalue weighted by Gasteiger charge is 2.21. The van der Waals surface area contributed by atoms with Crippen molar-refractivity contribution < 1.29 is 4.79 Å². The number of rotatable bonds is 0. The second-order valence-corrected chi connectivity index (χ2v) is 4.14. The zero-order chi connectivity index (χ0) is 11.1. The largest absolute Gasteiger partial charge is 0.358 e. The number of nitrogens with zero attached hydrogens (tertiary/aromatic N) is 1. The predicted octanol–water partition coefficient (Wildman–Crippen LogP) is 1.81. The molecule has 1 aromatic heterocycles. The van der Waals surface area contributed by atoms with E-state index < -0.39 is 0 Å². The first-order valence-electron chi connectivity index (χ1n) is 5.38. The van der Waals surface area contributed by atoms with Crippen LogP contribution in [0.3, 0.4) is 0 Å². The van der Waals surface area contributed by atoms with Gasteiger partial charge in [0.1, 0.15) is 0 Å². The van der Waals surface area contributed by atoms with Crippen LogP contribution in [-0.4, -0.2) is 30.1 Å². The van der Waals surface area contributed by atoms with E-state index in [1.807, 2.05) is 12.1 Å². The van der Waals surface area contributed by atoms with Gasteiger partial charge >= 0.3 is 0 Å². The lowest BCUT2D eigenvalue weighted by molar-refractivity contribution is 0.216. The number of aromatic amines is 1. The van der Waals surface area contributed by atoms with Crippen molar-refractivity contribution in [2.45, 2.75) is 13.0 Å². The van der Waals surface area contributed by atoms with Crippen molar-refractivity contribution >= 4 is 24.6 Å². The standard InChI is InChI=1S/C12H11BN2O/c13-12(16)15-6-5-11-9(7-15)8-3-1-2-4-10(8)14-11/h1-4,14H,5-7H2. The summed E-state index contributed by atoms with van der Waals surface area (Å²) in [5.41, 5.74) is 3.58. The van der Waals surface area contributed by atoms with Crippen LogP contribution < -0.4 is 0 Å². The number of fused-ring (bicyclic) bond motifs is 3. The fourth-order valence-corrected chi connectivity index (χ4v) is 2.35. The van der Waals surface area contributed by atoms with E-state index in [1.54, 1.807) is 4.90 Å². The normalized spacial score (nSPS) is 15.1. The monoisotopic (exact) mass is 210 g/mol. The van der Waals surface area contributed by atoms with Gasteiger partial charge < -0.3 is 9.88 Å². The highest BCUT2D eigenvalue weighted by atomic mass is 16.1. The van der Waals surface area contributed by atoms with Crippen molar-refractivity contribution in [1.29, 1.82) is 0 Å². The smallest absolute Gasteiger partial charge is 0.200 e. The highest BCUT2D eigenvalue weighted by molar-refractivity contribution is 6.56. The molecular weight excluding hydrogens is 199 g/mol. The molecule has 2 radical (unpaired) electrons. The number of nitrogens with one attached hydrogen (secondary N) is 1. The Morgan fingerprint density at radius 1 is 1.38 bits per heavy atom. The lowest BCUT2D eigenvalue weighted by Crippen LogP contribution is -2.34. The van der Waals surface area contributed by atoms with Crippen LogP contribution in [0.1, 0.15) is 11.3 Å². The molecule has 78 valence electrons. The maximum Gasteiger partial charge on any atom is 0.200 e. The summed E-state index contributed by atoms with van der Waals surface area (Å²) in [6.45, 7) is 1.32. The Morgan fingerprint density at radius 3 is 3.00 bits per heavy atom. The number of H-pyrrole nitrogens is 1. The molecule has 4 heteroatoms. The van der Waals surface area contributed by atoms with Crippen LogP contribution in [0.4, 0.5) is 4.79 Å². The van der Waals surface area contributed by atoms with E-state index in [9.17, 15) is 4.79 Å². The van der Waals surface area contributed by atoms with Crippen molar-refractivity contribution in [2.24, 2.45) is 0 Å². The minimum Gasteiger partial charge on any atom is -0.358 e. The van der Waals surface area contributed by atoms with Gasteiger partial charge in [0.25, 0.3) is 0 Å². The number of amides is 1. The molecule has 2 aromatic rings. The van der Waals surface area contributed by atoms with E-state index in [-0.39, 0.29) is 5.81 Å². The molecule has 1 aromatic carbocycles. The van der Waals surface area contributed by atoms with Crippen LogP contribution >= 0.6 is 0 Å². The Labute approximate surface area is 94.8 Å². The van der Waals surface area contributed by atoms with Gasteiger partial charge in [-0.1, -0.05) is 18.2 Å². The molecule has 1 N–H and O–H groups in total. The molecule has 1 aliphatic heterocycles. The molecular formula is C12H11BN2O. The van der Waals surface area contributed by atoms with E-state index in [1.165, 1.54) is 16.6 Å². The third kappa shape index (κ3) is 1.33. The van der Waals surface area contributed by atoms with Gasteiger partial charge in [-0.2, -0.15) is 0 Å². The van der Waals surface area contributed by atoms with Crippen LogP contribution in [0.5, 0.6) is 0 Å². The Kier molecular flexibility index (Phi) is 2.03. The minimum atomic E-state index is -0.337. The summed E-state index contributed by atoms with van der Waals surface area (Å²) in [7, 11) is 5.31. The van der Waals surface area contributed by atoms with E-state index in [0.29, 0.717) is 13.1 Å². The second-order valence-electron chi connectivity index (χ2n) is 4.14. The van der Waals surface area contributed by atoms with Crippen LogP contribution in [0, 0.1) is 0 Å². The van der Waals surface area contributed by atoms with Crippen molar-refractivity contribution in [2.75, 3.05) is 6.54 Å². The molecule has 2 heterocycles. The molecule has 3 rings (SSSR count). The Bertz CT molecular complexity index is 561. The summed E-state index contributed by atoms with van der Waals surface area (Å²) in [6, 6.07) is 8.16. The third-order valence-electron chi connectivity index (χ3n) is 3.19. The summed E-state index contributed by atoms with van der Waals surface area (Å²) < 4.78 is 0. The van der Waals surface area contributed by atoms with Gasteiger partial charge in [0, 0.05) is 41.7 Å². The maximum atomic E-state index is 11.2. The molecule has 0 spiro atoms. The summed E-state index contributed by atoms with van der Waals surface area (Å²) in [4.78, 5) is 16.2. The zero-order valence-corrected chi connectivity index (χ0v) is 8.86. The molecule has 0 fully saturated rings. The fourth-order valence-electron chi connectivity index (χ4n) is 2.35. The van der Waals surface area contributed by atoms with Gasteiger partial charge in [0.05, 0.1) is 0 Å². The number of hydrogen-bond acceptors (Lipinski definition) is 1. The number of benzene rings is 1. The lowest BCUT2D eigenvalue weighted by atomic mass is 10.0. The average Bonchev–Trinajstić information content (AvgIpc) is 2.66. The van der Waals surface area contributed by atoms with Crippen molar-refractivity contribution in [3.05, 3.63) is 35.5 Å². The molecule has 1 aliphatic rings. The molecule has 0 aliphatic carbocycles. The topological polar surface area (TPSA) is 36.1 Å². The fraction of sp³-hybridized carbons (Fsp3) is 0.250. The zero-order valence-electron chi connectivity index (χ0n) is 8.86. The number of para-hydroxylation sites is 1. The number of carbonyl (C=O) groups excluding carboxylic acids is 1. The molecule has 0 atom stereocenters. The Balaban J connectivity index is 2.11. The Hall–Kier alpha value is -1.71. The first-order chi connectivity index (χ1) is 7.75. The van der Waals surface area contributed by atoms with Gasteiger partial charge in [0.2, 0.25) is 7.85 Å². The average molecular weight is 210 g/mol. The first-order valence-corrected chi connectivity index (χ1v) is 5.38. The van der Waals surface area contributed by atoms with Gasteiger partial charge in [-0.3, -0.25) is 4.79 Å². The minimum absolute atomic E-state index is 0.337. The molecule has 0 saturated heterocycles. The molecule has 3 nitrogen and oxygen atoms in total. The molecule has 0 unspecified atom stereocenters. The first kappa shape index (κ1) is 9.52. The number of aromatic nitrogens is 1. The van der Waals surface area contributed by atoms with E-state index in [0.717, 1.165) is 11.9 Å². The van der Waals surface area contributed by atoms with Gasteiger partial charge in [-0.25, -0.2) is 0 Å². The van der Waals surface area contributed by atoms with E-state index in [4.69, 9.17) is 7.85 Å². The Morgan fingerprint density at radius 2 is 2.19 bits per heavy atom. The van der Waals surface area contributed by atoms with Crippen LogP contribution in [0.25, 0.3) is 10.9 Å². The SMILES string of the molecule is [B]C(=O)N1CCc2[nH]c3ccccc3c2C1. The number of carbonyl (C=O) groups is 1. The molecule has 16 heavy (non-hydrogen) atoms. The number of hydrogen-bond donors (Lipinski definition) is 1. The lowest BCUT2D eigenvalue weighted by Gasteiger charge is -2.26. The maximum absolute atomic E-state index is 11.2. The summed E-state index contributed by atoms with van der Waals surface area (Å²) >= 11 is 0. The summed E-state index contributed by atoms with van der Waals surface area (Å²) in [5.74, 6) is -0.337. The van der Waals surface area contributed by atoms with Crippen molar-refractivity contribution in [1.82, 2.24) is 9.88 Å². The second kappa shape index (κ2) is 3.40. The van der Waals surface area contributed by atoms with Crippen molar-refractivity contribution in [3.63, 3.8) is 0 Å². The van der Waals surface area contributed by atoms with Crippen LogP contribution in [0.2, 0.25) is 0 Å². The van der Waals surface area contributed by atoms with Crippen LogP contribution in [-0.2, 0) is 13.0 Å². The van der Waals surface area contributed by atoms with Crippen LogP contribution in [0.15, 0.2) is 24.3 Å².